The van der Waals surface area contributed by atoms with Gasteiger partial charge in [-0.2, -0.15) is 0 Å². The largest absolute Gasteiger partial charge is 0.496 e. The Bertz CT molecular complexity index is 892. The highest BCUT2D eigenvalue weighted by Gasteiger charge is 2.18. The van der Waals surface area contributed by atoms with Gasteiger partial charge < -0.3 is 19.5 Å². The molecule has 0 saturated heterocycles. The number of hydrogen-bond donors (Lipinski definition) is 1. The molecule has 0 saturated carbocycles. The van der Waals surface area contributed by atoms with Crippen molar-refractivity contribution >= 4 is 23.5 Å². The van der Waals surface area contributed by atoms with Crippen LogP contribution in [0.15, 0.2) is 47.5 Å². The Morgan fingerprint density at radius 2 is 1.96 bits per heavy atom. The number of carbonyl (C=O) groups is 2. The molecule has 140 valence electrons. The number of nitrogens with zero attached hydrogens (tertiary/aromatic N) is 1. The van der Waals surface area contributed by atoms with Crippen LogP contribution in [0, 0.1) is 0 Å². The zero-order chi connectivity index (χ0) is 19.2. The van der Waals surface area contributed by atoms with Gasteiger partial charge in [-0.15, -0.1) is 0 Å². The lowest BCUT2D eigenvalue weighted by Gasteiger charge is -2.17. The van der Waals surface area contributed by atoms with E-state index in [1.54, 1.807) is 12.1 Å². The Morgan fingerprint density at radius 3 is 2.67 bits per heavy atom. The summed E-state index contributed by atoms with van der Waals surface area (Å²) in [5.74, 6) is -0.0799. The molecule has 1 amide bonds. The highest BCUT2D eigenvalue weighted by Crippen LogP contribution is 2.23. The second-order valence-electron chi connectivity index (χ2n) is 5.80. The third kappa shape index (κ3) is 4.08. The summed E-state index contributed by atoms with van der Waals surface area (Å²) in [5.41, 5.74) is 1.92. The Morgan fingerprint density at radius 1 is 1.15 bits per heavy atom. The first kappa shape index (κ1) is 18.4. The van der Waals surface area contributed by atoms with Gasteiger partial charge in [0.2, 0.25) is 5.90 Å². The summed E-state index contributed by atoms with van der Waals surface area (Å²) in [6.45, 7) is 1.30. The summed E-state index contributed by atoms with van der Waals surface area (Å²) in [4.78, 5) is 28.8. The molecule has 7 heteroatoms. The molecule has 2 aromatic rings. The van der Waals surface area contributed by atoms with Crippen LogP contribution in [-0.2, 0) is 9.47 Å². The molecule has 0 radical (unpaired) electrons. The van der Waals surface area contributed by atoms with Crippen molar-refractivity contribution in [2.75, 3.05) is 32.7 Å². The average molecular weight is 368 g/mol. The minimum Gasteiger partial charge on any atom is -0.496 e. The van der Waals surface area contributed by atoms with Gasteiger partial charge in [-0.25, -0.2) is 4.79 Å². The molecule has 2 aromatic carbocycles. The maximum Gasteiger partial charge on any atom is 0.341 e. The maximum absolute atomic E-state index is 12.7. The number of aliphatic imine (C=N–C) groups is 1. The number of para-hydroxylation sites is 1. The zero-order valence-corrected chi connectivity index (χ0v) is 15.2. The summed E-state index contributed by atoms with van der Waals surface area (Å²) in [6.07, 6.45) is 0.879. The van der Waals surface area contributed by atoms with E-state index in [0.29, 0.717) is 30.3 Å². The fourth-order valence-electron chi connectivity index (χ4n) is 2.71. The van der Waals surface area contributed by atoms with Crippen molar-refractivity contribution in [3.8, 4) is 5.75 Å². The van der Waals surface area contributed by atoms with Crippen LogP contribution in [0.5, 0.6) is 5.75 Å². The van der Waals surface area contributed by atoms with E-state index in [9.17, 15) is 9.59 Å². The number of esters is 1. The van der Waals surface area contributed by atoms with Crippen molar-refractivity contribution in [3.05, 3.63) is 59.2 Å². The predicted molar refractivity (Wildman–Crippen MR) is 101 cm³/mol. The van der Waals surface area contributed by atoms with Crippen LogP contribution >= 0.6 is 0 Å². The Hall–Kier alpha value is -3.35. The van der Waals surface area contributed by atoms with Gasteiger partial charge in [0.1, 0.15) is 11.3 Å². The summed E-state index contributed by atoms with van der Waals surface area (Å²) in [7, 11) is 2.71. The number of carbonyl (C=O) groups excluding carboxylic acids is 2. The van der Waals surface area contributed by atoms with Gasteiger partial charge >= 0.3 is 5.97 Å². The average Bonchev–Trinajstić information content (AvgIpc) is 2.73. The molecule has 7 nitrogen and oxygen atoms in total. The summed E-state index contributed by atoms with van der Waals surface area (Å²) >= 11 is 0. The number of nitrogens with one attached hydrogen (secondary N) is 1. The lowest BCUT2D eigenvalue weighted by atomic mass is 10.1. The Kier molecular flexibility index (Phi) is 5.71. The Balaban J connectivity index is 1.86. The summed E-state index contributed by atoms with van der Waals surface area (Å²) in [6, 6.07) is 11.9. The molecule has 1 aliphatic rings. The molecular formula is C20H20N2O5. The van der Waals surface area contributed by atoms with Crippen LogP contribution in [0.2, 0.25) is 0 Å². The lowest BCUT2D eigenvalue weighted by molar-refractivity contribution is 0.0596. The fourth-order valence-corrected chi connectivity index (χ4v) is 2.71. The molecule has 1 heterocycles. The number of hydrogen-bond acceptors (Lipinski definition) is 6. The van der Waals surface area contributed by atoms with Crippen molar-refractivity contribution in [3.63, 3.8) is 0 Å². The third-order valence-corrected chi connectivity index (χ3v) is 4.07. The molecular weight excluding hydrogens is 348 g/mol. The van der Waals surface area contributed by atoms with E-state index >= 15 is 0 Å². The van der Waals surface area contributed by atoms with Gasteiger partial charge in [0.25, 0.3) is 5.91 Å². The lowest BCUT2D eigenvalue weighted by Crippen LogP contribution is -2.19. The van der Waals surface area contributed by atoms with Crippen molar-refractivity contribution in [1.29, 1.82) is 0 Å². The topological polar surface area (TPSA) is 86.2 Å². The second-order valence-corrected chi connectivity index (χ2v) is 5.80. The van der Waals surface area contributed by atoms with E-state index in [0.717, 1.165) is 12.0 Å². The van der Waals surface area contributed by atoms with Crippen molar-refractivity contribution in [2.45, 2.75) is 6.42 Å². The van der Waals surface area contributed by atoms with E-state index in [1.165, 1.54) is 26.4 Å². The zero-order valence-electron chi connectivity index (χ0n) is 15.2. The van der Waals surface area contributed by atoms with E-state index in [1.807, 2.05) is 18.2 Å². The normalized spacial score (nSPS) is 13.2. The first-order valence-electron chi connectivity index (χ1n) is 8.48. The molecule has 3 rings (SSSR count). The van der Waals surface area contributed by atoms with Gasteiger partial charge in [0, 0.05) is 18.5 Å². The smallest absolute Gasteiger partial charge is 0.341 e. The van der Waals surface area contributed by atoms with Gasteiger partial charge in [0.05, 0.1) is 32.1 Å². The van der Waals surface area contributed by atoms with E-state index in [2.05, 4.69) is 10.3 Å². The van der Waals surface area contributed by atoms with Crippen molar-refractivity contribution in [2.24, 2.45) is 4.99 Å². The van der Waals surface area contributed by atoms with Crippen LogP contribution in [0.3, 0.4) is 0 Å². The Labute approximate surface area is 157 Å². The molecule has 1 N–H and O–H groups in total. The van der Waals surface area contributed by atoms with Crippen LogP contribution in [0.4, 0.5) is 5.69 Å². The molecule has 1 aliphatic heterocycles. The first-order chi connectivity index (χ1) is 13.1. The van der Waals surface area contributed by atoms with Gasteiger partial charge in [0.15, 0.2) is 0 Å². The monoisotopic (exact) mass is 368 g/mol. The van der Waals surface area contributed by atoms with Crippen LogP contribution < -0.4 is 10.1 Å². The highest BCUT2D eigenvalue weighted by atomic mass is 16.5. The number of benzene rings is 2. The SMILES string of the molecule is COC(=O)c1ccc(C(=O)Nc2ccccc2C2=NCCCO2)cc1OC. The molecule has 0 fully saturated rings. The van der Waals surface area contributed by atoms with Crippen LogP contribution in [-0.4, -0.2) is 45.1 Å². The maximum atomic E-state index is 12.7. The summed E-state index contributed by atoms with van der Waals surface area (Å²) in [5, 5.41) is 2.87. The second kappa shape index (κ2) is 8.35. The molecule has 0 aliphatic carbocycles. The minimum absolute atomic E-state index is 0.252. The summed E-state index contributed by atoms with van der Waals surface area (Å²) < 4.78 is 15.5. The van der Waals surface area contributed by atoms with Crippen LogP contribution in [0.25, 0.3) is 0 Å². The molecule has 27 heavy (non-hydrogen) atoms. The van der Waals surface area contributed by atoms with Gasteiger partial charge in [-0.3, -0.25) is 9.79 Å². The predicted octanol–water partition coefficient (Wildman–Crippen LogP) is 2.90. The number of amides is 1. The van der Waals surface area contributed by atoms with Crippen molar-refractivity contribution in [1.82, 2.24) is 0 Å². The number of methoxy groups -OCH3 is 2. The quantitative estimate of drug-likeness (QED) is 0.820. The molecule has 0 bridgehead atoms. The van der Waals surface area contributed by atoms with E-state index in [-0.39, 0.29) is 17.2 Å². The van der Waals surface area contributed by atoms with E-state index < -0.39 is 5.97 Å². The minimum atomic E-state index is -0.531. The van der Waals surface area contributed by atoms with Crippen molar-refractivity contribution < 1.29 is 23.8 Å². The number of anilines is 1. The molecule has 0 spiro atoms. The number of ether oxygens (including phenoxy) is 3. The number of rotatable bonds is 5. The molecule has 0 atom stereocenters. The highest BCUT2D eigenvalue weighted by molar-refractivity contribution is 6.09. The molecule has 0 aromatic heterocycles. The van der Waals surface area contributed by atoms with Gasteiger partial charge in [-0.05, 0) is 30.3 Å². The standard InChI is InChI=1S/C20H20N2O5/c1-25-17-12-13(8-9-15(17)20(24)26-2)18(23)22-16-7-4-3-6-14(16)19-21-10-5-11-27-19/h3-4,6-9,12H,5,10-11H2,1-2H3,(H,22,23). The molecule has 0 unspecified atom stereocenters. The fraction of sp³-hybridized carbons (Fsp3) is 0.250. The van der Waals surface area contributed by atoms with E-state index in [4.69, 9.17) is 14.2 Å². The van der Waals surface area contributed by atoms with Crippen LogP contribution in [0.1, 0.15) is 32.7 Å². The first-order valence-corrected chi connectivity index (χ1v) is 8.48. The third-order valence-electron chi connectivity index (χ3n) is 4.07. The van der Waals surface area contributed by atoms with Gasteiger partial charge in [-0.1, -0.05) is 12.1 Å².